The number of ether oxygens (including phenoxy) is 2. The number of allylic oxidation sites excluding steroid dienone is 10. The topological polar surface area (TPSA) is 43.2 Å². The van der Waals surface area contributed by atoms with Crippen LogP contribution in [0.4, 0.5) is 0 Å². The van der Waals surface area contributed by atoms with Gasteiger partial charge < -0.3 is 9.47 Å². The number of rotatable bonds is 0. The zero-order valence-corrected chi connectivity index (χ0v) is 18.3. The molecule has 0 bridgehead atoms. The normalized spacial score (nSPS) is 19.4. The second-order valence-corrected chi connectivity index (χ2v) is 6.66. The van der Waals surface area contributed by atoms with Crippen LogP contribution < -0.4 is 9.47 Å². The summed E-state index contributed by atoms with van der Waals surface area (Å²) < 4.78 is 11.6. The molecule has 0 atom stereocenters. The van der Waals surface area contributed by atoms with Crippen LogP contribution in [0.1, 0.15) is 11.1 Å². The molecule has 0 unspecified atom stereocenters. The minimum atomic E-state index is 0.459. The highest BCUT2D eigenvalue weighted by atomic mass is 16.5. The van der Waals surface area contributed by atoms with Gasteiger partial charge in [0.2, 0.25) is 0 Å². The zero-order chi connectivity index (χ0) is 22.8. The van der Waals surface area contributed by atoms with Crippen molar-refractivity contribution in [2.45, 2.75) is 0 Å². The Morgan fingerprint density at radius 3 is 1.82 bits per heavy atom. The number of benzene rings is 2. The molecule has 0 saturated heterocycles. The lowest BCUT2D eigenvalue weighted by molar-refractivity contribution is 0.362. The lowest BCUT2D eigenvalue weighted by Crippen LogP contribution is -1.96. The van der Waals surface area contributed by atoms with E-state index in [0.717, 1.165) is 22.6 Å². The van der Waals surface area contributed by atoms with Crippen molar-refractivity contribution in [3.63, 3.8) is 0 Å². The van der Waals surface area contributed by atoms with E-state index in [2.05, 4.69) is 9.98 Å². The largest absolute Gasteiger partial charge is 0.489 e. The molecule has 0 fully saturated rings. The Balaban J connectivity index is 1.73. The molecular weight excluding hydrogens is 408 g/mol. The molecule has 164 valence electrons. The molecule has 2 aromatic carbocycles. The Morgan fingerprint density at radius 2 is 1.09 bits per heavy atom. The zero-order valence-electron chi connectivity index (χ0n) is 18.3. The standard InChI is InChI=1S/C29H26N2O2/c1-2-5-13-21-31-25-27-17-9-11-19-29(27)33-23-15-7-3-6-14-22-32-28-18-10-8-16-26(28)24-30-20-12-4-1/h1-22,24-25H,23H2/b4-1?,5-2?,6-3-,15-7-,20-12-,21-13+,22-14-,30-24?,31-25?. The van der Waals surface area contributed by atoms with Crippen molar-refractivity contribution in [2.75, 3.05) is 6.61 Å². The quantitative estimate of drug-likeness (QED) is 0.460. The van der Waals surface area contributed by atoms with Crippen LogP contribution in [0.3, 0.4) is 0 Å². The monoisotopic (exact) mass is 434 g/mol. The van der Waals surface area contributed by atoms with E-state index >= 15 is 0 Å². The third-order valence-corrected chi connectivity index (χ3v) is 4.24. The Bertz CT molecular complexity index is 1150. The minimum absolute atomic E-state index is 0.459. The van der Waals surface area contributed by atoms with E-state index in [4.69, 9.17) is 9.47 Å². The third kappa shape index (κ3) is 9.07. The average molecular weight is 435 g/mol. The van der Waals surface area contributed by atoms with Crippen LogP contribution in [-0.4, -0.2) is 19.0 Å². The Labute approximate surface area is 195 Å². The first kappa shape index (κ1) is 23.2. The maximum absolute atomic E-state index is 5.86. The molecule has 1 aliphatic rings. The van der Waals surface area contributed by atoms with Gasteiger partial charge in [0.1, 0.15) is 18.1 Å². The number of hydrogen-bond donors (Lipinski definition) is 0. The fourth-order valence-corrected chi connectivity index (χ4v) is 2.67. The van der Waals surface area contributed by atoms with E-state index in [1.165, 1.54) is 0 Å². The summed E-state index contributed by atoms with van der Waals surface area (Å²) in [4.78, 5) is 8.65. The molecule has 1 aliphatic heterocycles. The van der Waals surface area contributed by atoms with Gasteiger partial charge in [-0.1, -0.05) is 66.8 Å². The molecule has 0 radical (unpaired) electrons. The van der Waals surface area contributed by atoms with Gasteiger partial charge in [0, 0.05) is 36.0 Å². The predicted octanol–water partition coefficient (Wildman–Crippen LogP) is 6.76. The highest BCUT2D eigenvalue weighted by Crippen LogP contribution is 2.17. The van der Waals surface area contributed by atoms with Crippen LogP contribution in [0, 0.1) is 0 Å². The number of aliphatic imine (C=N–C) groups is 2. The maximum Gasteiger partial charge on any atom is 0.135 e. The van der Waals surface area contributed by atoms with E-state index in [1.807, 2.05) is 115 Å². The highest BCUT2D eigenvalue weighted by molar-refractivity contribution is 5.84. The molecular formula is C29H26N2O2. The SMILES string of the molecule is C1=C/C=C\N=Cc2ccccc2O\C=C/C=C\C=C/COc2ccccc2C=N/C=C/C=C1. The molecule has 0 aromatic heterocycles. The lowest BCUT2D eigenvalue weighted by atomic mass is 10.2. The maximum atomic E-state index is 5.86. The van der Waals surface area contributed by atoms with E-state index in [-0.39, 0.29) is 0 Å². The van der Waals surface area contributed by atoms with Gasteiger partial charge >= 0.3 is 0 Å². The summed E-state index contributed by atoms with van der Waals surface area (Å²) in [6, 6.07) is 15.6. The van der Waals surface area contributed by atoms with Gasteiger partial charge in [-0.05, 0) is 48.6 Å². The van der Waals surface area contributed by atoms with Crippen molar-refractivity contribution in [1.82, 2.24) is 0 Å². The number of fused-ring (bicyclic) bond motifs is 2. The van der Waals surface area contributed by atoms with Crippen LogP contribution in [0.2, 0.25) is 0 Å². The highest BCUT2D eigenvalue weighted by Gasteiger charge is 1.99. The summed E-state index contributed by atoms with van der Waals surface area (Å²) in [6.07, 6.45) is 29.6. The predicted molar refractivity (Wildman–Crippen MR) is 138 cm³/mol. The average Bonchev–Trinajstić information content (AvgIpc) is 2.84. The van der Waals surface area contributed by atoms with Crippen molar-refractivity contribution in [3.8, 4) is 11.5 Å². The molecule has 0 N–H and O–H groups in total. The van der Waals surface area contributed by atoms with Gasteiger partial charge in [0.05, 0.1) is 6.26 Å². The summed E-state index contributed by atoms with van der Waals surface area (Å²) in [7, 11) is 0. The van der Waals surface area contributed by atoms with Crippen LogP contribution in [0.25, 0.3) is 0 Å². The summed E-state index contributed by atoms with van der Waals surface area (Å²) in [5.74, 6) is 1.52. The van der Waals surface area contributed by atoms with Crippen molar-refractivity contribution in [3.05, 3.63) is 145 Å². The molecule has 2 aromatic rings. The van der Waals surface area contributed by atoms with E-state index in [1.54, 1.807) is 31.1 Å². The molecule has 1 heterocycles. The van der Waals surface area contributed by atoms with Crippen molar-refractivity contribution >= 4 is 12.4 Å². The van der Waals surface area contributed by atoms with Crippen molar-refractivity contribution in [1.29, 1.82) is 0 Å². The third-order valence-electron chi connectivity index (χ3n) is 4.24. The molecule has 3 rings (SSSR count). The first-order valence-corrected chi connectivity index (χ1v) is 10.6. The Hall–Kier alpha value is -4.44. The molecule has 4 heteroatoms. The van der Waals surface area contributed by atoms with Crippen molar-refractivity contribution in [2.24, 2.45) is 9.98 Å². The second kappa shape index (κ2) is 14.5. The summed E-state index contributed by atoms with van der Waals surface area (Å²) >= 11 is 0. The van der Waals surface area contributed by atoms with E-state index < -0.39 is 0 Å². The Kier molecular flexibility index (Phi) is 10.2. The molecule has 33 heavy (non-hydrogen) atoms. The fourth-order valence-electron chi connectivity index (χ4n) is 2.67. The molecule has 0 aliphatic carbocycles. The van der Waals surface area contributed by atoms with Crippen LogP contribution in [-0.2, 0) is 0 Å². The summed E-state index contributed by atoms with van der Waals surface area (Å²) in [5, 5.41) is 0. The van der Waals surface area contributed by atoms with Gasteiger partial charge in [-0.25, -0.2) is 0 Å². The van der Waals surface area contributed by atoms with Gasteiger partial charge in [-0.2, -0.15) is 0 Å². The van der Waals surface area contributed by atoms with Gasteiger partial charge in [-0.3, -0.25) is 9.98 Å². The fraction of sp³-hybridized carbons (Fsp3) is 0.0345. The number of para-hydroxylation sites is 2. The molecule has 0 amide bonds. The van der Waals surface area contributed by atoms with Crippen LogP contribution >= 0.6 is 0 Å². The number of nitrogens with zero attached hydrogens (tertiary/aromatic N) is 2. The van der Waals surface area contributed by atoms with Gasteiger partial charge in [-0.15, -0.1) is 0 Å². The summed E-state index contributed by atoms with van der Waals surface area (Å²) in [5.41, 5.74) is 1.82. The summed E-state index contributed by atoms with van der Waals surface area (Å²) in [6.45, 7) is 0.459. The first-order valence-electron chi connectivity index (χ1n) is 10.6. The first-order chi connectivity index (χ1) is 16.4. The number of hydrogen-bond acceptors (Lipinski definition) is 4. The molecule has 4 nitrogen and oxygen atoms in total. The van der Waals surface area contributed by atoms with Crippen LogP contribution in [0.5, 0.6) is 11.5 Å². The van der Waals surface area contributed by atoms with E-state index in [9.17, 15) is 0 Å². The lowest BCUT2D eigenvalue weighted by Gasteiger charge is -2.05. The Morgan fingerprint density at radius 1 is 0.545 bits per heavy atom. The van der Waals surface area contributed by atoms with Gasteiger partial charge in [0.15, 0.2) is 0 Å². The second-order valence-electron chi connectivity index (χ2n) is 6.66. The van der Waals surface area contributed by atoms with E-state index in [0.29, 0.717) is 6.61 Å². The minimum Gasteiger partial charge on any atom is -0.489 e. The van der Waals surface area contributed by atoms with Crippen LogP contribution in [0.15, 0.2) is 144 Å². The van der Waals surface area contributed by atoms with Gasteiger partial charge in [0.25, 0.3) is 0 Å². The molecule has 0 spiro atoms. The molecule has 0 saturated carbocycles. The smallest absolute Gasteiger partial charge is 0.135 e. The van der Waals surface area contributed by atoms with Crippen molar-refractivity contribution < 1.29 is 9.47 Å².